The lowest BCUT2D eigenvalue weighted by Crippen LogP contribution is -2.42. The number of aryl methyl sites for hydroxylation is 3. The number of nitrogens with zero attached hydrogens (tertiary/aromatic N) is 4. The molecule has 8 nitrogen and oxygen atoms in total. The number of aliphatic hydroxyl groups is 1. The van der Waals surface area contributed by atoms with E-state index < -0.39 is 6.10 Å². The highest BCUT2D eigenvalue weighted by molar-refractivity contribution is 5.68. The van der Waals surface area contributed by atoms with E-state index in [4.69, 9.17) is 19.2 Å². The van der Waals surface area contributed by atoms with Crippen molar-refractivity contribution in [1.29, 1.82) is 0 Å². The summed E-state index contributed by atoms with van der Waals surface area (Å²) in [6, 6.07) is 3.99. The predicted molar refractivity (Wildman–Crippen MR) is 116 cm³/mol. The Morgan fingerprint density at radius 2 is 1.97 bits per heavy atom. The number of anilines is 1. The average Bonchev–Trinajstić information content (AvgIpc) is 3.28. The summed E-state index contributed by atoms with van der Waals surface area (Å²) in [6.07, 6.45) is 0.348. The molecular formula is C22H31N5O3. The van der Waals surface area contributed by atoms with Crippen LogP contribution in [-0.4, -0.2) is 70.1 Å². The Bertz CT molecular complexity index is 1020. The molecular weight excluding hydrogens is 382 g/mol. The first-order chi connectivity index (χ1) is 14.5. The number of β-amino-alcohol motifs (C(OH)–C–C–N with tert-alkyl or cyclic N) is 1. The van der Waals surface area contributed by atoms with Crippen LogP contribution >= 0.6 is 0 Å². The lowest BCUT2D eigenvalue weighted by Gasteiger charge is -2.28. The van der Waals surface area contributed by atoms with E-state index in [1.165, 1.54) is 0 Å². The molecule has 0 aromatic carbocycles. The van der Waals surface area contributed by atoms with Crippen molar-refractivity contribution in [2.24, 2.45) is 0 Å². The number of hydrogen-bond donors (Lipinski definition) is 2. The van der Waals surface area contributed by atoms with Crippen molar-refractivity contribution in [2.45, 2.75) is 40.2 Å². The summed E-state index contributed by atoms with van der Waals surface area (Å²) in [4.78, 5) is 6.99. The fraction of sp³-hybridized carbons (Fsp3) is 0.545. The third-order valence-corrected chi connectivity index (χ3v) is 5.66. The molecule has 0 bridgehead atoms. The second-order valence-corrected chi connectivity index (χ2v) is 7.95. The molecule has 1 atom stereocenters. The van der Waals surface area contributed by atoms with Gasteiger partial charge in [-0.05, 0) is 33.3 Å². The first kappa shape index (κ1) is 20.8. The van der Waals surface area contributed by atoms with Gasteiger partial charge in [0.15, 0.2) is 5.65 Å². The number of furan rings is 1. The van der Waals surface area contributed by atoms with Gasteiger partial charge in [0.05, 0.1) is 25.0 Å². The van der Waals surface area contributed by atoms with Gasteiger partial charge in [-0.3, -0.25) is 4.90 Å². The van der Waals surface area contributed by atoms with Crippen LogP contribution in [0, 0.1) is 20.8 Å². The largest absolute Gasteiger partial charge is 0.466 e. The molecule has 4 rings (SSSR count). The molecule has 0 amide bonds. The average molecular weight is 414 g/mol. The maximum atomic E-state index is 10.6. The van der Waals surface area contributed by atoms with E-state index in [2.05, 4.69) is 17.1 Å². The molecule has 0 unspecified atom stereocenters. The zero-order chi connectivity index (χ0) is 21.3. The molecule has 4 heterocycles. The van der Waals surface area contributed by atoms with Crippen molar-refractivity contribution in [1.82, 2.24) is 19.5 Å². The summed E-state index contributed by atoms with van der Waals surface area (Å²) in [5, 5.41) is 18.9. The highest BCUT2D eigenvalue weighted by Gasteiger charge is 2.19. The number of hydrogen-bond acceptors (Lipinski definition) is 7. The molecule has 0 saturated carbocycles. The molecule has 1 aliphatic rings. The smallest absolute Gasteiger partial charge is 0.158 e. The van der Waals surface area contributed by atoms with Crippen LogP contribution in [0.15, 0.2) is 16.5 Å². The Kier molecular flexibility index (Phi) is 6.08. The third kappa shape index (κ3) is 4.21. The second-order valence-electron chi connectivity index (χ2n) is 7.95. The van der Waals surface area contributed by atoms with Crippen LogP contribution < -0.4 is 5.32 Å². The van der Waals surface area contributed by atoms with Crippen molar-refractivity contribution >= 4 is 11.5 Å². The summed E-state index contributed by atoms with van der Waals surface area (Å²) in [6.45, 7) is 12.3. The van der Waals surface area contributed by atoms with Gasteiger partial charge in [-0.2, -0.15) is 9.61 Å². The van der Waals surface area contributed by atoms with E-state index in [9.17, 15) is 5.11 Å². The molecule has 162 valence electrons. The molecule has 8 heteroatoms. The molecule has 1 aliphatic heterocycles. The summed E-state index contributed by atoms with van der Waals surface area (Å²) in [5.74, 6) is 2.60. The van der Waals surface area contributed by atoms with Gasteiger partial charge in [0.1, 0.15) is 17.3 Å². The minimum atomic E-state index is -0.481. The molecule has 1 fully saturated rings. The summed E-state index contributed by atoms with van der Waals surface area (Å²) in [7, 11) is 0. The molecule has 0 spiro atoms. The van der Waals surface area contributed by atoms with E-state index in [1.807, 2.05) is 37.4 Å². The first-order valence-corrected chi connectivity index (χ1v) is 10.6. The first-order valence-electron chi connectivity index (χ1n) is 10.6. The van der Waals surface area contributed by atoms with E-state index in [0.29, 0.717) is 13.1 Å². The SMILES string of the molecule is CCc1c(C)nc2cc(-c3cc(C)oc3C)nn2c1NC[C@H](O)CN1CCOCC1. The Morgan fingerprint density at radius 3 is 2.63 bits per heavy atom. The van der Waals surface area contributed by atoms with Crippen LogP contribution in [0.25, 0.3) is 16.9 Å². The van der Waals surface area contributed by atoms with Crippen molar-refractivity contribution in [3.63, 3.8) is 0 Å². The van der Waals surface area contributed by atoms with Crippen LogP contribution in [0.3, 0.4) is 0 Å². The second kappa shape index (κ2) is 8.75. The zero-order valence-electron chi connectivity index (χ0n) is 18.2. The Hall–Kier alpha value is -2.42. The van der Waals surface area contributed by atoms with E-state index in [0.717, 1.165) is 78.2 Å². The number of aliphatic hydroxyl groups excluding tert-OH is 1. The molecule has 30 heavy (non-hydrogen) atoms. The summed E-state index contributed by atoms with van der Waals surface area (Å²) < 4.78 is 12.9. The number of fused-ring (bicyclic) bond motifs is 1. The molecule has 3 aromatic rings. The number of morpholine rings is 1. The van der Waals surface area contributed by atoms with E-state index in [1.54, 1.807) is 0 Å². The topological polar surface area (TPSA) is 88.1 Å². The lowest BCUT2D eigenvalue weighted by atomic mass is 10.1. The van der Waals surface area contributed by atoms with Crippen LogP contribution in [0.1, 0.15) is 29.7 Å². The number of rotatable bonds is 7. The molecule has 0 radical (unpaired) electrons. The molecule has 3 aromatic heterocycles. The highest BCUT2D eigenvalue weighted by Crippen LogP contribution is 2.29. The molecule has 0 aliphatic carbocycles. The van der Waals surface area contributed by atoms with Gasteiger partial charge in [0.25, 0.3) is 0 Å². The van der Waals surface area contributed by atoms with Crippen LogP contribution in [-0.2, 0) is 11.2 Å². The van der Waals surface area contributed by atoms with Gasteiger partial charge in [-0.25, -0.2) is 4.98 Å². The van der Waals surface area contributed by atoms with Crippen molar-refractivity contribution in [2.75, 3.05) is 44.7 Å². The monoisotopic (exact) mass is 413 g/mol. The zero-order valence-corrected chi connectivity index (χ0v) is 18.2. The van der Waals surface area contributed by atoms with Crippen LogP contribution in [0.5, 0.6) is 0 Å². The highest BCUT2D eigenvalue weighted by atomic mass is 16.5. The predicted octanol–water partition coefficient (Wildman–Crippen LogP) is 2.58. The quantitative estimate of drug-likeness (QED) is 0.615. The Balaban J connectivity index is 1.61. The van der Waals surface area contributed by atoms with E-state index in [-0.39, 0.29) is 0 Å². The van der Waals surface area contributed by atoms with Gasteiger partial charge in [0, 0.05) is 49.1 Å². The number of nitrogens with one attached hydrogen (secondary N) is 1. The van der Waals surface area contributed by atoms with Gasteiger partial charge in [-0.15, -0.1) is 0 Å². The summed E-state index contributed by atoms with van der Waals surface area (Å²) >= 11 is 0. The van der Waals surface area contributed by atoms with Crippen LogP contribution in [0.4, 0.5) is 5.82 Å². The lowest BCUT2D eigenvalue weighted by molar-refractivity contribution is 0.0171. The fourth-order valence-corrected chi connectivity index (χ4v) is 4.14. The van der Waals surface area contributed by atoms with Crippen molar-refractivity contribution < 1.29 is 14.3 Å². The molecule has 2 N–H and O–H groups in total. The van der Waals surface area contributed by atoms with Crippen LogP contribution in [0.2, 0.25) is 0 Å². The fourth-order valence-electron chi connectivity index (χ4n) is 4.14. The standard InChI is InChI=1S/C22H31N5O3/c1-5-18-15(3)24-21-11-20(19-10-14(2)30-16(19)4)25-27(21)22(18)23-12-17(28)13-26-6-8-29-9-7-26/h10-11,17,23,28H,5-9,12-13H2,1-4H3/t17-/m0/s1. The minimum absolute atomic E-state index is 0.446. The maximum absolute atomic E-state index is 10.6. The number of ether oxygens (including phenoxy) is 1. The van der Waals surface area contributed by atoms with E-state index >= 15 is 0 Å². The van der Waals surface area contributed by atoms with Crippen molar-refractivity contribution in [3.8, 4) is 11.3 Å². The Morgan fingerprint density at radius 1 is 1.20 bits per heavy atom. The van der Waals surface area contributed by atoms with Gasteiger partial charge < -0.3 is 19.6 Å². The number of aromatic nitrogens is 3. The normalized spacial score (nSPS) is 16.3. The van der Waals surface area contributed by atoms with Gasteiger partial charge in [-0.1, -0.05) is 6.92 Å². The third-order valence-electron chi connectivity index (χ3n) is 5.66. The Labute approximate surface area is 176 Å². The summed E-state index contributed by atoms with van der Waals surface area (Å²) in [5.41, 5.74) is 4.68. The van der Waals surface area contributed by atoms with Gasteiger partial charge in [0.2, 0.25) is 0 Å². The maximum Gasteiger partial charge on any atom is 0.158 e. The van der Waals surface area contributed by atoms with Gasteiger partial charge >= 0.3 is 0 Å². The minimum Gasteiger partial charge on any atom is -0.466 e. The molecule has 1 saturated heterocycles. The van der Waals surface area contributed by atoms with Crippen molar-refractivity contribution in [3.05, 3.63) is 34.9 Å².